The summed E-state index contributed by atoms with van der Waals surface area (Å²) in [6.45, 7) is 0. The third-order valence-corrected chi connectivity index (χ3v) is 3.24. The van der Waals surface area contributed by atoms with Crippen LogP contribution in [0.15, 0.2) is 54.6 Å². The number of nitro groups is 1. The zero-order valence-electron chi connectivity index (χ0n) is 10.8. The molecule has 0 saturated heterocycles. The highest BCUT2D eigenvalue weighted by Crippen LogP contribution is 2.28. The van der Waals surface area contributed by atoms with Crippen molar-refractivity contribution in [1.29, 1.82) is 0 Å². The molecular formula is C15H10ClN3O2. The molecular weight excluding hydrogens is 290 g/mol. The maximum atomic E-state index is 10.9. The zero-order chi connectivity index (χ0) is 14.8. The Bertz CT molecular complexity index is 831. The topological polar surface area (TPSA) is 68.1 Å². The third kappa shape index (κ3) is 2.78. The molecule has 0 radical (unpaired) electrons. The molecule has 104 valence electrons. The lowest BCUT2D eigenvalue weighted by Gasteiger charge is -2.09. The van der Waals surface area contributed by atoms with Crippen molar-refractivity contribution in [2.45, 2.75) is 0 Å². The van der Waals surface area contributed by atoms with Crippen LogP contribution in [0, 0.1) is 10.1 Å². The fourth-order valence-corrected chi connectivity index (χ4v) is 2.33. The van der Waals surface area contributed by atoms with Crippen molar-refractivity contribution in [3.05, 3.63) is 69.9 Å². The summed E-state index contributed by atoms with van der Waals surface area (Å²) >= 11 is 5.82. The van der Waals surface area contributed by atoms with Crippen LogP contribution >= 0.6 is 11.6 Å². The van der Waals surface area contributed by atoms with E-state index in [-0.39, 0.29) is 10.8 Å². The minimum atomic E-state index is -0.498. The SMILES string of the molecule is O=[N+]([O-])c1cc(Cl)nc(Nc2cccc3ccccc23)c1. The largest absolute Gasteiger partial charge is 0.339 e. The van der Waals surface area contributed by atoms with E-state index in [4.69, 9.17) is 11.6 Å². The maximum absolute atomic E-state index is 10.9. The summed E-state index contributed by atoms with van der Waals surface area (Å²) in [5.74, 6) is 0.338. The molecule has 6 heteroatoms. The molecule has 1 heterocycles. The second-order valence-electron chi connectivity index (χ2n) is 4.44. The van der Waals surface area contributed by atoms with Gasteiger partial charge in [0.2, 0.25) is 0 Å². The van der Waals surface area contributed by atoms with E-state index >= 15 is 0 Å². The van der Waals surface area contributed by atoms with E-state index in [0.29, 0.717) is 5.82 Å². The highest BCUT2D eigenvalue weighted by molar-refractivity contribution is 6.29. The molecule has 0 aliphatic carbocycles. The Morgan fingerprint density at radius 1 is 1.10 bits per heavy atom. The van der Waals surface area contributed by atoms with Gasteiger partial charge in [-0.1, -0.05) is 48.0 Å². The molecule has 0 bridgehead atoms. The lowest BCUT2D eigenvalue weighted by Crippen LogP contribution is -1.97. The molecule has 0 fully saturated rings. The molecule has 0 aliphatic rings. The molecule has 3 aromatic rings. The predicted octanol–water partition coefficient (Wildman–Crippen LogP) is 4.54. The summed E-state index contributed by atoms with van der Waals surface area (Å²) in [7, 11) is 0. The van der Waals surface area contributed by atoms with Crippen LogP contribution in [0.4, 0.5) is 17.2 Å². The molecule has 1 aromatic heterocycles. The van der Waals surface area contributed by atoms with Crippen LogP contribution in [0.5, 0.6) is 0 Å². The first kappa shape index (κ1) is 13.3. The number of halogens is 1. The van der Waals surface area contributed by atoms with Crippen LogP contribution in [0.1, 0.15) is 0 Å². The van der Waals surface area contributed by atoms with Crippen molar-refractivity contribution < 1.29 is 4.92 Å². The van der Waals surface area contributed by atoms with Gasteiger partial charge in [-0.2, -0.15) is 0 Å². The number of pyridine rings is 1. The van der Waals surface area contributed by atoms with Crippen LogP contribution in [-0.4, -0.2) is 9.91 Å². The van der Waals surface area contributed by atoms with Crippen molar-refractivity contribution in [2.75, 3.05) is 5.32 Å². The quantitative estimate of drug-likeness (QED) is 0.438. The van der Waals surface area contributed by atoms with E-state index < -0.39 is 4.92 Å². The van der Waals surface area contributed by atoms with Crippen LogP contribution in [-0.2, 0) is 0 Å². The summed E-state index contributed by atoms with van der Waals surface area (Å²) in [5, 5.41) is 16.1. The molecule has 5 nitrogen and oxygen atoms in total. The molecule has 21 heavy (non-hydrogen) atoms. The Morgan fingerprint density at radius 2 is 1.86 bits per heavy atom. The summed E-state index contributed by atoms with van der Waals surface area (Å²) in [4.78, 5) is 14.4. The Balaban J connectivity index is 2.05. The van der Waals surface area contributed by atoms with Gasteiger partial charge in [-0.25, -0.2) is 4.98 Å². The number of nitrogens with one attached hydrogen (secondary N) is 1. The van der Waals surface area contributed by atoms with Gasteiger partial charge in [-0.05, 0) is 11.5 Å². The van der Waals surface area contributed by atoms with Gasteiger partial charge >= 0.3 is 0 Å². The molecule has 0 amide bonds. The Labute approximate surface area is 125 Å². The molecule has 0 unspecified atom stereocenters. The highest BCUT2D eigenvalue weighted by atomic mass is 35.5. The van der Waals surface area contributed by atoms with E-state index in [1.54, 1.807) is 0 Å². The lowest BCUT2D eigenvalue weighted by atomic mass is 10.1. The molecule has 1 N–H and O–H groups in total. The van der Waals surface area contributed by atoms with Gasteiger partial charge in [0.25, 0.3) is 5.69 Å². The Hall–Kier alpha value is -2.66. The highest BCUT2D eigenvalue weighted by Gasteiger charge is 2.11. The minimum absolute atomic E-state index is 0.0759. The van der Waals surface area contributed by atoms with Crippen LogP contribution < -0.4 is 5.32 Å². The third-order valence-electron chi connectivity index (χ3n) is 3.04. The smallest absolute Gasteiger partial charge is 0.276 e. The standard InChI is InChI=1S/C15H10ClN3O2/c16-14-8-11(19(20)21)9-15(18-14)17-13-7-3-5-10-4-1-2-6-12(10)13/h1-9H,(H,17,18). The van der Waals surface area contributed by atoms with Gasteiger partial charge in [-0.15, -0.1) is 0 Å². The monoisotopic (exact) mass is 299 g/mol. The van der Waals surface area contributed by atoms with Gasteiger partial charge in [0, 0.05) is 11.1 Å². The average molecular weight is 300 g/mol. The number of aromatic nitrogens is 1. The van der Waals surface area contributed by atoms with Gasteiger partial charge < -0.3 is 5.32 Å². The fraction of sp³-hybridized carbons (Fsp3) is 0. The van der Waals surface area contributed by atoms with Crippen LogP contribution in [0.2, 0.25) is 5.15 Å². The van der Waals surface area contributed by atoms with Crippen LogP contribution in [0.25, 0.3) is 10.8 Å². The lowest BCUT2D eigenvalue weighted by molar-refractivity contribution is -0.384. The molecule has 0 spiro atoms. The van der Waals surface area contributed by atoms with Crippen molar-refractivity contribution in [3.8, 4) is 0 Å². The first-order chi connectivity index (χ1) is 10.1. The number of benzene rings is 2. The van der Waals surface area contributed by atoms with Gasteiger partial charge in [0.05, 0.1) is 17.1 Å². The van der Waals surface area contributed by atoms with E-state index in [1.807, 2.05) is 42.5 Å². The van der Waals surface area contributed by atoms with Crippen molar-refractivity contribution in [1.82, 2.24) is 4.98 Å². The summed E-state index contributed by atoms with van der Waals surface area (Å²) in [6.07, 6.45) is 0. The van der Waals surface area contributed by atoms with Gasteiger partial charge in [0.1, 0.15) is 11.0 Å². The average Bonchev–Trinajstić information content (AvgIpc) is 2.47. The summed E-state index contributed by atoms with van der Waals surface area (Å²) in [6, 6.07) is 16.2. The molecule has 0 saturated carbocycles. The molecule has 2 aromatic carbocycles. The number of hydrogen-bond donors (Lipinski definition) is 1. The second kappa shape index (κ2) is 5.38. The molecule has 0 atom stereocenters. The van der Waals surface area contributed by atoms with E-state index in [0.717, 1.165) is 16.5 Å². The first-order valence-corrected chi connectivity index (χ1v) is 6.58. The molecule has 3 rings (SSSR count). The number of nitrogens with zero attached hydrogens (tertiary/aromatic N) is 2. The van der Waals surface area contributed by atoms with E-state index in [9.17, 15) is 10.1 Å². The van der Waals surface area contributed by atoms with Gasteiger partial charge in [0.15, 0.2) is 0 Å². The van der Waals surface area contributed by atoms with Crippen molar-refractivity contribution in [2.24, 2.45) is 0 Å². The van der Waals surface area contributed by atoms with E-state index in [1.165, 1.54) is 12.1 Å². The normalized spacial score (nSPS) is 10.5. The van der Waals surface area contributed by atoms with Crippen LogP contribution in [0.3, 0.4) is 0 Å². The number of rotatable bonds is 3. The Kier molecular flexibility index (Phi) is 3.41. The number of fused-ring (bicyclic) bond motifs is 1. The second-order valence-corrected chi connectivity index (χ2v) is 4.83. The fourth-order valence-electron chi connectivity index (χ4n) is 2.13. The number of anilines is 2. The maximum Gasteiger partial charge on any atom is 0.276 e. The van der Waals surface area contributed by atoms with Crippen molar-refractivity contribution >= 4 is 39.6 Å². The summed E-state index contributed by atoms with van der Waals surface area (Å²) in [5.41, 5.74) is 0.718. The van der Waals surface area contributed by atoms with E-state index in [2.05, 4.69) is 10.3 Å². The van der Waals surface area contributed by atoms with Crippen molar-refractivity contribution in [3.63, 3.8) is 0 Å². The first-order valence-electron chi connectivity index (χ1n) is 6.20. The number of hydrogen-bond acceptors (Lipinski definition) is 4. The minimum Gasteiger partial charge on any atom is -0.339 e. The zero-order valence-corrected chi connectivity index (χ0v) is 11.5. The molecule has 0 aliphatic heterocycles. The van der Waals surface area contributed by atoms with Gasteiger partial charge in [-0.3, -0.25) is 10.1 Å². The predicted molar refractivity (Wildman–Crippen MR) is 83.1 cm³/mol. The summed E-state index contributed by atoms with van der Waals surface area (Å²) < 4.78 is 0. The Morgan fingerprint density at radius 3 is 2.67 bits per heavy atom.